The fourth-order valence-electron chi connectivity index (χ4n) is 1.72. The first-order chi connectivity index (χ1) is 7.08. The van der Waals surface area contributed by atoms with E-state index in [1.165, 1.54) is 5.57 Å². The van der Waals surface area contributed by atoms with Gasteiger partial charge in [-0.25, -0.2) is 0 Å². The van der Waals surface area contributed by atoms with Gasteiger partial charge in [-0.05, 0) is 29.0 Å². The van der Waals surface area contributed by atoms with E-state index in [0.29, 0.717) is 0 Å². The minimum atomic E-state index is 0.282. The topological polar surface area (TPSA) is 0 Å². The maximum absolute atomic E-state index is 6.15. The maximum Gasteiger partial charge on any atom is 0.0484 e. The Morgan fingerprint density at radius 2 is 1.93 bits per heavy atom. The van der Waals surface area contributed by atoms with Crippen molar-refractivity contribution < 1.29 is 0 Å². The van der Waals surface area contributed by atoms with Crippen molar-refractivity contribution in [1.29, 1.82) is 0 Å². The quantitative estimate of drug-likeness (QED) is 0.641. The van der Waals surface area contributed by atoms with Crippen molar-refractivity contribution in [2.75, 3.05) is 0 Å². The number of allylic oxidation sites excluding steroid dienone is 4. The van der Waals surface area contributed by atoms with Crippen molar-refractivity contribution in [3.05, 3.63) is 53.1 Å². The molecule has 78 valence electrons. The molecule has 0 fully saturated rings. The summed E-state index contributed by atoms with van der Waals surface area (Å²) in [6, 6.07) is 7.99. The monoisotopic (exact) mass is 218 g/mol. The van der Waals surface area contributed by atoms with Crippen LogP contribution in [0.5, 0.6) is 0 Å². The lowest BCUT2D eigenvalue weighted by Gasteiger charge is -2.23. The predicted octanol–water partition coefficient (Wildman–Crippen LogP) is 4.71. The number of halogens is 1. The van der Waals surface area contributed by atoms with E-state index in [9.17, 15) is 0 Å². The Labute approximate surface area is 96.3 Å². The van der Waals surface area contributed by atoms with Gasteiger partial charge in [0.05, 0.1) is 0 Å². The third-order valence-corrected chi connectivity index (χ3v) is 3.08. The largest absolute Gasteiger partial charge is 0.0837 e. The van der Waals surface area contributed by atoms with Crippen LogP contribution >= 0.6 is 11.6 Å². The molecular formula is C14H15Cl. The van der Waals surface area contributed by atoms with Crippen LogP contribution in [-0.2, 0) is 0 Å². The van der Waals surface area contributed by atoms with Gasteiger partial charge in [-0.2, -0.15) is 0 Å². The van der Waals surface area contributed by atoms with E-state index >= 15 is 0 Å². The summed E-state index contributed by atoms with van der Waals surface area (Å²) in [5, 5.41) is 0.827. The van der Waals surface area contributed by atoms with Crippen LogP contribution in [0.2, 0.25) is 5.02 Å². The Hall–Kier alpha value is -1.01. The molecular weight excluding hydrogens is 204 g/mol. The Bertz CT molecular complexity index is 425. The Balaban J connectivity index is 2.32. The zero-order valence-electron chi connectivity index (χ0n) is 9.13. The van der Waals surface area contributed by atoms with Crippen LogP contribution in [-0.4, -0.2) is 0 Å². The van der Waals surface area contributed by atoms with Crippen molar-refractivity contribution >= 4 is 17.2 Å². The molecule has 1 aliphatic carbocycles. The smallest absolute Gasteiger partial charge is 0.0484 e. The van der Waals surface area contributed by atoms with Crippen molar-refractivity contribution in [1.82, 2.24) is 0 Å². The molecule has 0 spiro atoms. The molecule has 0 N–H and O–H groups in total. The van der Waals surface area contributed by atoms with E-state index in [4.69, 9.17) is 11.6 Å². The Morgan fingerprint density at radius 3 is 2.53 bits per heavy atom. The van der Waals surface area contributed by atoms with Gasteiger partial charge in [-0.3, -0.25) is 0 Å². The van der Waals surface area contributed by atoms with Crippen molar-refractivity contribution in [3.8, 4) is 0 Å². The molecule has 0 aromatic heterocycles. The van der Waals surface area contributed by atoms with Crippen LogP contribution in [0.15, 0.2) is 42.5 Å². The predicted molar refractivity (Wildman–Crippen MR) is 67.0 cm³/mol. The summed E-state index contributed by atoms with van der Waals surface area (Å²) in [5.41, 5.74) is 2.65. The second-order valence-corrected chi connectivity index (χ2v) is 5.07. The molecule has 15 heavy (non-hydrogen) atoms. The summed E-state index contributed by atoms with van der Waals surface area (Å²) in [5.74, 6) is 0. The molecule has 0 amide bonds. The second kappa shape index (κ2) is 3.86. The van der Waals surface area contributed by atoms with Crippen LogP contribution < -0.4 is 0 Å². The van der Waals surface area contributed by atoms with E-state index in [1.807, 2.05) is 18.2 Å². The van der Waals surface area contributed by atoms with Gasteiger partial charge >= 0.3 is 0 Å². The first-order valence-electron chi connectivity index (χ1n) is 5.23. The molecule has 1 aromatic rings. The van der Waals surface area contributed by atoms with Gasteiger partial charge in [0.1, 0.15) is 0 Å². The molecule has 0 saturated heterocycles. The number of hydrogen-bond donors (Lipinski definition) is 0. The van der Waals surface area contributed by atoms with E-state index in [0.717, 1.165) is 17.0 Å². The average molecular weight is 219 g/mol. The molecule has 0 saturated carbocycles. The molecule has 1 heteroatoms. The van der Waals surface area contributed by atoms with Crippen LogP contribution in [0.3, 0.4) is 0 Å². The van der Waals surface area contributed by atoms with Crippen molar-refractivity contribution in [3.63, 3.8) is 0 Å². The molecule has 0 atom stereocenters. The minimum Gasteiger partial charge on any atom is -0.0837 e. The SMILES string of the molecule is CC1(C)C=CC(c2ccccc2Cl)=CC1. The van der Waals surface area contributed by atoms with Gasteiger partial charge in [0.25, 0.3) is 0 Å². The molecule has 1 aliphatic rings. The molecule has 0 unspecified atom stereocenters. The van der Waals surface area contributed by atoms with Crippen LogP contribution in [0.25, 0.3) is 5.57 Å². The summed E-state index contributed by atoms with van der Waals surface area (Å²) in [4.78, 5) is 0. The maximum atomic E-state index is 6.15. The fraction of sp³-hybridized carbons (Fsp3) is 0.286. The molecule has 0 radical (unpaired) electrons. The first kappa shape index (κ1) is 10.5. The molecule has 0 heterocycles. The van der Waals surface area contributed by atoms with Gasteiger partial charge in [0, 0.05) is 5.02 Å². The summed E-state index contributed by atoms with van der Waals surface area (Å²) in [7, 11) is 0. The third-order valence-electron chi connectivity index (χ3n) is 2.75. The number of rotatable bonds is 1. The third kappa shape index (κ3) is 2.32. The van der Waals surface area contributed by atoms with Crippen molar-refractivity contribution in [2.24, 2.45) is 5.41 Å². The van der Waals surface area contributed by atoms with Gasteiger partial charge in [0.15, 0.2) is 0 Å². The summed E-state index contributed by atoms with van der Waals surface area (Å²) in [6.45, 7) is 4.48. The lowest BCUT2D eigenvalue weighted by atomic mass is 9.83. The zero-order valence-corrected chi connectivity index (χ0v) is 9.88. The van der Waals surface area contributed by atoms with Gasteiger partial charge in [-0.1, -0.05) is 61.9 Å². The zero-order chi connectivity index (χ0) is 10.9. The number of hydrogen-bond acceptors (Lipinski definition) is 0. The van der Waals surface area contributed by atoms with Crippen molar-refractivity contribution in [2.45, 2.75) is 20.3 Å². The molecule has 0 bridgehead atoms. The van der Waals surface area contributed by atoms with Crippen LogP contribution in [0.1, 0.15) is 25.8 Å². The van der Waals surface area contributed by atoms with E-state index < -0.39 is 0 Å². The minimum absolute atomic E-state index is 0.282. The molecule has 2 rings (SSSR count). The van der Waals surface area contributed by atoms with Crippen LogP contribution in [0.4, 0.5) is 0 Å². The highest BCUT2D eigenvalue weighted by molar-refractivity contribution is 6.32. The van der Waals surface area contributed by atoms with Gasteiger partial charge < -0.3 is 0 Å². The number of benzene rings is 1. The summed E-state index contributed by atoms with van der Waals surface area (Å²) < 4.78 is 0. The highest BCUT2D eigenvalue weighted by Gasteiger charge is 2.17. The highest BCUT2D eigenvalue weighted by Crippen LogP contribution is 2.34. The highest BCUT2D eigenvalue weighted by atomic mass is 35.5. The lowest BCUT2D eigenvalue weighted by Crippen LogP contribution is -2.08. The van der Waals surface area contributed by atoms with Crippen LogP contribution in [0, 0.1) is 5.41 Å². The summed E-state index contributed by atoms with van der Waals surface area (Å²) >= 11 is 6.15. The van der Waals surface area contributed by atoms with Gasteiger partial charge in [-0.15, -0.1) is 0 Å². The van der Waals surface area contributed by atoms with E-state index in [-0.39, 0.29) is 5.41 Å². The lowest BCUT2D eigenvalue weighted by molar-refractivity contribution is 0.485. The average Bonchev–Trinajstić information content (AvgIpc) is 2.19. The molecule has 0 aliphatic heterocycles. The molecule has 0 nitrogen and oxygen atoms in total. The second-order valence-electron chi connectivity index (χ2n) is 4.67. The van der Waals surface area contributed by atoms with Gasteiger partial charge in [0.2, 0.25) is 0 Å². The molecule has 1 aromatic carbocycles. The van der Waals surface area contributed by atoms with E-state index in [1.54, 1.807) is 0 Å². The summed E-state index contributed by atoms with van der Waals surface area (Å²) in [6.07, 6.45) is 7.77. The Kier molecular flexibility index (Phi) is 2.70. The normalized spacial score (nSPS) is 18.7. The van der Waals surface area contributed by atoms with E-state index in [2.05, 4.69) is 38.1 Å². The Morgan fingerprint density at radius 1 is 1.20 bits per heavy atom. The standard InChI is InChI=1S/C14H15Cl/c1-14(2)9-7-11(8-10-14)12-5-3-4-6-13(12)15/h3-9H,10H2,1-2H3. The fourth-order valence-corrected chi connectivity index (χ4v) is 1.96. The first-order valence-corrected chi connectivity index (χ1v) is 5.61.